The third-order valence-electron chi connectivity index (χ3n) is 4.83. The average Bonchev–Trinajstić information content (AvgIpc) is 3.26. The maximum atomic E-state index is 13.3. The predicted molar refractivity (Wildman–Crippen MR) is 127 cm³/mol. The van der Waals surface area contributed by atoms with Crippen LogP contribution in [-0.2, 0) is 17.9 Å². The molecule has 2 aromatic carbocycles. The minimum atomic E-state index is -0.381. The van der Waals surface area contributed by atoms with Crippen molar-refractivity contribution in [1.82, 2.24) is 9.80 Å². The average molecular weight is 474 g/mol. The van der Waals surface area contributed by atoms with Gasteiger partial charge in [-0.25, -0.2) is 9.18 Å². The van der Waals surface area contributed by atoms with E-state index in [0.717, 1.165) is 10.4 Å². The van der Waals surface area contributed by atoms with Gasteiger partial charge in [0.1, 0.15) is 12.4 Å². The van der Waals surface area contributed by atoms with Crippen molar-refractivity contribution in [2.75, 3.05) is 11.9 Å². The molecular weight excluding hydrogens is 449 g/mol. The molecule has 3 rings (SSSR count). The fourth-order valence-electron chi connectivity index (χ4n) is 3.13. The zero-order chi connectivity index (χ0) is 23.1. The minimum Gasteiger partial charge on any atom is -0.332 e. The second-order valence-corrected chi connectivity index (χ2v) is 9.09. The summed E-state index contributed by atoms with van der Waals surface area (Å²) in [5, 5.41) is 5.27. The Hall–Kier alpha value is -2.90. The molecule has 1 N–H and O–H groups in total. The lowest BCUT2D eigenvalue weighted by atomic mass is 10.2. The molecule has 32 heavy (non-hydrogen) atoms. The Balaban J connectivity index is 1.74. The summed E-state index contributed by atoms with van der Waals surface area (Å²) in [7, 11) is 0. The molecule has 3 amide bonds. The zero-order valence-electron chi connectivity index (χ0n) is 17.9. The summed E-state index contributed by atoms with van der Waals surface area (Å²) in [5.74, 6) is -0.522. The second-order valence-electron chi connectivity index (χ2n) is 7.62. The van der Waals surface area contributed by atoms with Crippen LogP contribution in [0.2, 0.25) is 5.02 Å². The minimum absolute atomic E-state index is 0.0867. The number of benzene rings is 2. The summed E-state index contributed by atoms with van der Waals surface area (Å²) in [6, 6.07) is 16.2. The maximum Gasteiger partial charge on any atom is 0.322 e. The smallest absolute Gasteiger partial charge is 0.322 e. The highest BCUT2D eigenvalue weighted by atomic mass is 35.5. The van der Waals surface area contributed by atoms with Crippen LogP contribution in [0.4, 0.5) is 14.9 Å². The number of amides is 3. The Labute approximate surface area is 196 Å². The van der Waals surface area contributed by atoms with E-state index in [4.69, 9.17) is 11.6 Å². The van der Waals surface area contributed by atoms with E-state index in [1.165, 1.54) is 17.0 Å². The number of nitrogens with one attached hydrogen (secondary N) is 1. The highest BCUT2D eigenvalue weighted by Gasteiger charge is 2.24. The van der Waals surface area contributed by atoms with Crippen molar-refractivity contribution in [2.24, 2.45) is 0 Å². The van der Waals surface area contributed by atoms with Crippen LogP contribution in [-0.4, -0.2) is 34.3 Å². The first kappa shape index (κ1) is 23.8. The Kier molecular flexibility index (Phi) is 8.25. The number of thiophene rings is 1. The van der Waals surface area contributed by atoms with Gasteiger partial charge in [0.05, 0.1) is 6.54 Å². The van der Waals surface area contributed by atoms with Gasteiger partial charge in [0.2, 0.25) is 5.91 Å². The van der Waals surface area contributed by atoms with E-state index in [1.54, 1.807) is 52.6 Å². The fourth-order valence-corrected chi connectivity index (χ4v) is 4.04. The molecule has 1 aromatic heterocycles. The van der Waals surface area contributed by atoms with Crippen LogP contribution in [0.5, 0.6) is 0 Å². The molecule has 0 aliphatic rings. The van der Waals surface area contributed by atoms with Gasteiger partial charge in [-0.15, -0.1) is 11.3 Å². The van der Waals surface area contributed by atoms with Crippen molar-refractivity contribution in [3.05, 3.63) is 87.3 Å². The van der Waals surface area contributed by atoms with Crippen molar-refractivity contribution < 1.29 is 14.0 Å². The topological polar surface area (TPSA) is 52.7 Å². The van der Waals surface area contributed by atoms with Gasteiger partial charge in [0.25, 0.3) is 0 Å². The Bertz CT molecular complexity index is 1040. The van der Waals surface area contributed by atoms with Gasteiger partial charge in [-0.2, -0.15) is 0 Å². The maximum absolute atomic E-state index is 13.3. The molecule has 0 spiro atoms. The zero-order valence-corrected chi connectivity index (χ0v) is 19.5. The highest BCUT2D eigenvalue weighted by Crippen LogP contribution is 2.18. The van der Waals surface area contributed by atoms with E-state index in [9.17, 15) is 14.0 Å². The lowest BCUT2D eigenvalue weighted by Crippen LogP contribution is -2.47. The van der Waals surface area contributed by atoms with Crippen LogP contribution in [0.1, 0.15) is 24.3 Å². The fraction of sp³-hybridized carbons (Fsp3) is 0.250. The largest absolute Gasteiger partial charge is 0.332 e. The van der Waals surface area contributed by atoms with Crippen molar-refractivity contribution in [2.45, 2.75) is 33.0 Å². The summed E-state index contributed by atoms with van der Waals surface area (Å²) in [5.41, 5.74) is 1.37. The molecular formula is C24H25ClFN3O2S. The predicted octanol–water partition coefficient (Wildman–Crippen LogP) is 6.01. The quantitative estimate of drug-likeness (QED) is 0.435. The monoisotopic (exact) mass is 473 g/mol. The number of carbonyl (C=O) groups excluding carboxylic acids is 2. The number of anilines is 1. The molecule has 0 unspecified atom stereocenters. The third-order valence-corrected chi connectivity index (χ3v) is 5.93. The first-order valence-electron chi connectivity index (χ1n) is 10.2. The van der Waals surface area contributed by atoms with Gasteiger partial charge in [-0.1, -0.05) is 35.9 Å². The van der Waals surface area contributed by atoms with E-state index in [1.807, 2.05) is 31.4 Å². The van der Waals surface area contributed by atoms with E-state index < -0.39 is 0 Å². The van der Waals surface area contributed by atoms with Crippen LogP contribution in [0.25, 0.3) is 0 Å². The van der Waals surface area contributed by atoms with E-state index in [-0.39, 0.29) is 30.3 Å². The standard InChI is InChI=1S/C24H25ClFN3O2S/c1-17(2)29(24(31)27-21-6-3-5-19(25)13-21)16-23(30)28(15-22-7-4-12-32-22)14-18-8-10-20(26)11-9-18/h3-13,17H,14-16H2,1-2H3,(H,27,31). The second kappa shape index (κ2) is 11.1. The molecule has 1 heterocycles. The normalized spacial score (nSPS) is 10.8. The molecule has 0 atom stereocenters. The Morgan fingerprint density at radius 3 is 2.44 bits per heavy atom. The van der Waals surface area contributed by atoms with Crippen LogP contribution in [0, 0.1) is 5.82 Å². The number of rotatable bonds is 8. The molecule has 0 bridgehead atoms. The number of urea groups is 1. The number of hydrogen-bond acceptors (Lipinski definition) is 3. The van der Waals surface area contributed by atoms with Gasteiger partial charge in [-0.05, 0) is 61.2 Å². The Morgan fingerprint density at radius 1 is 1.06 bits per heavy atom. The number of carbonyl (C=O) groups is 2. The lowest BCUT2D eigenvalue weighted by Gasteiger charge is -2.30. The lowest BCUT2D eigenvalue weighted by molar-refractivity contribution is -0.133. The van der Waals surface area contributed by atoms with Gasteiger partial charge >= 0.3 is 6.03 Å². The number of halogens is 2. The molecule has 168 valence electrons. The molecule has 0 fully saturated rings. The van der Waals surface area contributed by atoms with E-state index in [2.05, 4.69) is 5.32 Å². The highest BCUT2D eigenvalue weighted by molar-refractivity contribution is 7.09. The number of hydrogen-bond donors (Lipinski definition) is 1. The van der Waals surface area contributed by atoms with Crippen molar-refractivity contribution in [3.8, 4) is 0 Å². The Morgan fingerprint density at radius 2 is 1.81 bits per heavy atom. The molecule has 0 aliphatic carbocycles. The molecule has 0 saturated carbocycles. The van der Waals surface area contributed by atoms with Crippen LogP contribution in [0.3, 0.4) is 0 Å². The molecule has 8 heteroatoms. The van der Waals surface area contributed by atoms with Crippen LogP contribution >= 0.6 is 22.9 Å². The molecule has 0 radical (unpaired) electrons. The summed E-state index contributed by atoms with van der Waals surface area (Å²) < 4.78 is 13.3. The SMILES string of the molecule is CC(C)N(CC(=O)N(Cc1ccc(F)cc1)Cc1cccs1)C(=O)Nc1cccc(Cl)c1. The van der Waals surface area contributed by atoms with Gasteiger partial charge in [-0.3, -0.25) is 4.79 Å². The van der Waals surface area contributed by atoms with E-state index in [0.29, 0.717) is 23.8 Å². The van der Waals surface area contributed by atoms with Gasteiger partial charge in [0, 0.05) is 28.2 Å². The summed E-state index contributed by atoms with van der Waals surface area (Å²) in [6.07, 6.45) is 0. The third kappa shape index (κ3) is 6.80. The van der Waals surface area contributed by atoms with Crippen molar-refractivity contribution in [3.63, 3.8) is 0 Å². The molecule has 0 saturated heterocycles. The van der Waals surface area contributed by atoms with E-state index >= 15 is 0 Å². The first-order chi connectivity index (χ1) is 15.3. The van der Waals surface area contributed by atoms with Crippen molar-refractivity contribution >= 4 is 40.6 Å². The molecule has 0 aliphatic heterocycles. The summed E-state index contributed by atoms with van der Waals surface area (Å²) in [6.45, 7) is 4.36. The van der Waals surface area contributed by atoms with Gasteiger partial charge in [0.15, 0.2) is 0 Å². The van der Waals surface area contributed by atoms with Crippen LogP contribution < -0.4 is 5.32 Å². The summed E-state index contributed by atoms with van der Waals surface area (Å²) >= 11 is 7.56. The summed E-state index contributed by atoms with van der Waals surface area (Å²) in [4.78, 5) is 30.4. The molecule has 3 aromatic rings. The first-order valence-corrected chi connectivity index (χ1v) is 11.5. The number of nitrogens with zero attached hydrogens (tertiary/aromatic N) is 2. The van der Waals surface area contributed by atoms with Crippen molar-refractivity contribution in [1.29, 1.82) is 0 Å². The van der Waals surface area contributed by atoms with Crippen LogP contribution in [0.15, 0.2) is 66.0 Å². The van der Waals surface area contributed by atoms with Gasteiger partial charge < -0.3 is 15.1 Å². The molecule has 5 nitrogen and oxygen atoms in total.